The van der Waals surface area contributed by atoms with E-state index < -0.39 is 83.4 Å². The first-order valence-electron chi connectivity index (χ1n) is 23.6. The maximum Gasteiger partial charge on any atom is 0.435 e. The summed E-state index contributed by atoms with van der Waals surface area (Å²) in [6, 6.07) is 12.2. The van der Waals surface area contributed by atoms with Crippen LogP contribution < -0.4 is 20.1 Å². The van der Waals surface area contributed by atoms with Gasteiger partial charge >= 0.3 is 6.18 Å². The molecule has 0 bridgehead atoms. The number of aliphatic hydroxyl groups excluding tert-OH is 1. The van der Waals surface area contributed by atoms with Gasteiger partial charge in [0, 0.05) is 55.8 Å². The number of carbonyl (C=O) groups is 4. The van der Waals surface area contributed by atoms with E-state index in [0.29, 0.717) is 17.0 Å². The Bertz CT molecular complexity index is 3000. The zero-order valence-electron chi connectivity index (χ0n) is 40.8. The lowest BCUT2D eigenvalue weighted by Gasteiger charge is -2.35. The van der Waals surface area contributed by atoms with Gasteiger partial charge in [0.15, 0.2) is 29.7 Å². The predicted octanol–water partition coefficient (Wildman–Crippen LogP) is 7.90. The van der Waals surface area contributed by atoms with E-state index in [2.05, 4.69) is 25.7 Å². The monoisotopic (exact) mass is 1010 g/mol. The van der Waals surface area contributed by atoms with E-state index in [-0.39, 0.29) is 67.3 Å². The van der Waals surface area contributed by atoms with Crippen molar-refractivity contribution in [2.75, 3.05) is 19.8 Å². The summed E-state index contributed by atoms with van der Waals surface area (Å²) >= 11 is 1.54. The third-order valence-electron chi connectivity index (χ3n) is 13.0. The first-order chi connectivity index (χ1) is 34.1. The number of rotatable bonds is 15. The number of Topliss-reactive ketones (excluding diaryl/α,β-unsaturated/α-hetero) is 1. The number of ketones is 1. The van der Waals surface area contributed by atoms with E-state index in [1.807, 2.05) is 38.1 Å². The third kappa shape index (κ3) is 11.1. The number of nitrogens with zero attached hydrogens (tertiary/aromatic N) is 6. The van der Waals surface area contributed by atoms with Gasteiger partial charge in [-0.25, -0.2) is 14.4 Å². The van der Waals surface area contributed by atoms with Gasteiger partial charge in [-0.1, -0.05) is 51.1 Å². The molecular formula is C52H56F4N8O7S. The van der Waals surface area contributed by atoms with Crippen molar-refractivity contribution < 1.29 is 51.3 Å². The zero-order valence-corrected chi connectivity index (χ0v) is 41.7. The van der Waals surface area contributed by atoms with E-state index in [4.69, 9.17) is 9.47 Å². The lowest BCUT2D eigenvalue weighted by Crippen LogP contribution is -2.58. The number of aryl methyl sites for hydroxylation is 3. The number of amides is 3. The van der Waals surface area contributed by atoms with Crippen molar-refractivity contribution in [3.63, 3.8) is 0 Å². The van der Waals surface area contributed by atoms with Gasteiger partial charge in [-0.2, -0.15) is 18.3 Å². The van der Waals surface area contributed by atoms with Crippen LogP contribution in [0.1, 0.15) is 91.3 Å². The number of carbonyl (C=O) groups excluding carboxylic acids is 4. The second-order valence-corrected chi connectivity index (χ2v) is 20.2. The molecule has 0 radical (unpaired) electrons. The molecule has 15 nitrogen and oxygen atoms in total. The summed E-state index contributed by atoms with van der Waals surface area (Å²) in [5.74, 6) is -3.50. The molecule has 3 aromatic heterocycles. The Morgan fingerprint density at radius 1 is 0.986 bits per heavy atom. The minimum absolute atomic E-state index is 0.000703. The van der Waals surface area contributed by atoms with Crippen LogP contribution in [0.3, 0.4) is 0 Å². The van der Waals surface area contributed by atoms with Gasteiger partial charge in [0.1, 0.15) is 23.7 Å². The quantitative estimate of drug-likeness (QED) is 0.0856. The van der Waals surface area contributed by atoms with E-state index in [1.54, 1.807) is 69.2 Å². The van der Waals surface area contributed by atoms with Crippen molar-refractivity contribution in [1.82, 2.24) is 39.8 Å². The molecule has 3 N–H and O–H groups in total. The Morgan fingerprint density at radius 3 is 2.38 bits per heavy atom. The second kappa shape index (κ2) is 20.7. The smallest absolute Gasteiger partial charge is 0.435 e. The van der Waals surface area contributed by atoms with Gasteiger partial charge in [-0.15, -0.1) is 11.3 Å². The number of benzene rings is 3. The molecule has 5 atom stereocenters. The van der Waals surface area contributed by atoms with Gasteiger partial charge in [0.05, 0.1) is 46.3 Å². The normalized spacial score (nSPS) is 17.8. The van der Waals surface area contributed by atoms with Crippen LogP contribution >= 0.6 is 11.3 Å². The number of imidazole rings is 1. The minimum atomic E-state index is -4.80. The molecule has 1 fully saturated rings. The Balaban J connectivity index is 0.938. The van der Waals surface area contributed by atoms with E-state index in [0.717, 1.165) is 27.8 Å². The summed E-state index contributed by atoms with van der Waals surface area (Å²) in [6.45, 7) is 11.7. The van der Waals surface area contributed by atoms with Crippen LogP contribution in [0, 0.1) is 31.0 Å². The first kappa shape index (κ1) is 51.4. The Kier molecular flexibility index (Phi) is 14.8. The van der Waals surface area contributed by atoms with E-state index in [9.17, 15) is 37.5 Å². The number of likely N-dealkylation sites (tertiary alicyclic amines) is 1. The number of aromatic nitrogens is 5. The third-order valence-corrected chi connectivity index (χ3v) is 14.0. The minimum Gasteiger partial charge on any atom is -0.491 e. The first-order valence-corrected chi connectivity index (χ1v) is 24.4. The summed E-state index contributed by atoms with van der Waals surface area (Å²) in [4.78, 5) is 66.8. The largest absolute Gasteiger partial charge is 0.491 e. The van der Waals surface area contributed by atoms with Crippen LogP contribution in [0.15, 0.2) is 78.7 Å². The van der Waals surface area contributed by atoms with Crippen molar-refractivity contribution in [2.24, 2.45) is 11.3 Å². The number of aliphatic hydroxyl groups is 1. The molecule has 1 saturated heterocycles. The fourth-order valence-corrected chi connectivity index (χ4v) is 9.95. The average Bonchev–Trinajstić information content (AvgIpc) is 4.16. The molecule has 0 aliphatic carbocycles. The van der Waals surface area contributed by atoms with Gasteiger partial charge in [0.25, 0.3) is 5.91 Å². The number of ether oxygens (including phenoxy) is 2. The summed E-state index contributed by atoms with van der Waals surface area (Å²) in [6.07, 6.45) is -1.17. The zero-order chi connectivity index (χ0) is 51.8. The number of hydrogen-bond donors (Lipinski definition) is 3. The topological polar surface area (TPSA) is 183 Å². The summed E-state index contributed by atoms with van der Waals surface area (Å²) in [5.41, 5.74) is 3.44. The summed E-state index contributed by atoms with van der Waals surface area (Å²) in [7, 11) is 0. The molecule has 2 aliphatic rings. The molecule has 380 valence electrons. The number of β-amino-alcohol motifs (C(OH)–C–C–N with tert-alkyl or cyclic N) is 1. The Hall–Kier alpha value is -6.93. The van der Waals surface area contributed by atoms with Crippen molar-refractivity contribution in [2.45, 2.75) is 105 Å². The van der Waals surface area contributed by atoms with Gasteiger partial charge < -0.3 is 34.7 Å². The molecule has 3 amide bonds. The van der Waals surface area contributed by atoms with Crippen LogP contribution in [-0.4, -0.2) is 95.8 Å². The maximum absolute atomic E-state index is 15.3. The summed E-state index contributed by atoms with van der Waals surface area (Å²) in [5, 5.41) is 20.2. The second-order valence-electron chi connectivity index (χ2n) is 19.4. The number of nitrogens with one attached hydrogen (secondary N) is 2. The van der Waals surface area contributed by atoms with Crippen LogP contribution in [-0.2, 0) is 40.1 Å². The van der Waals surface area contributed by atoms with Crippen molar-refractivity contribution in [3.8, 4) is 33.1 Å². The molecule has 0 saturated carbocycles. The van der Waals surface area contributed by atoms with Gasteiger partial charge in [-0.3, -0.25) is 23.9 Å². The molecule has 0 spiro atoms. The number of hydrogen-bond acceptors (Lipinski definition) is 11. The molecule has 72 heavy (non-hydrogen) atoms. The van der Waals surface area contributed by atoms with Crippen LogP contribution in [0.25, 0.3) is 21.6 Å². The number of fused-ring (bicyclic) bond motifs is 1. The van der Waals surface area contributed by atoms with Crippen LogP contribution in [0.5, 0.6) is 11.5 Å². The Morgan fingerprint density at radius 2 is 1.72 bits per heavy atom. The fraction of sp³-hybridized carbons (Fsp3) is 0.404. The molecule has 6 aromatic rings. The molecule has 8 rings (SSSR count). The number of halogens is 4. The predicted molar refractivity (Wildman–Crippen MR) is 260 cm³/mol. The molecular weight excluding hydrogens is 957 g/mol. The SMILES string of the molecule is CCn1cc(-c2cc(Cn3ccnc3C)cc3c2OC[C@H](Cc2ccc(F)c(OCC(=O)N[C@H](C(=O)N4C[C@H](O)C[C@H]4C(=O)N[C@@H](C)c4ccc(-c5scnc5C)cc4)C(C)(C)C)c2)C3=O)c(C(F)(F)F)n1. The standard InChI is InChI=1S/C52H56F4N8O7S/c1-8-63-24-39(47(61-63)52(54,55)56)37-18-32(22-62-16-15-57-30(62)4)19-38-44(67)35(25-71-45(37)38)17-31-9-14-40(53)42(20-31)70-26-43(66)60-48(51(5,6)7)50(69)64-23-36(65)21-41(64)49(68)59-28(2)33-10-12-34(13-11-33)46-29(3)58-27-72-46/h9-16,18-20,24,27-28,35-36,41,48,65H,8,17,21-23,25-26H2,1-7H3,(H,59,68)(H,60,66)/t28-,35-,36+,41-,48+/m0/s1. The van der Waals surface area contributed by atoms with Gasteiger partial charge in [-0.05, 0) is 86.1 Å². The van der Waals surface area contributed by atoms with Crippen LogP contribution in [0.4, 0.5) is 17.6 Å². The molecule has 2 aliphatic heterocycles. The maximum atomic E-state index is 15.3. The van der Waals surface area contributed by atoms with Gasteiger partial charge in [0.2, 0.25) is 11.8 Å². The molecule has 5 heterocycles. The van der Waals surface area contributed by atoms with E-state index >= 15 is 4.39 Å². The number of thiazole rings is 1. The molecule has 3 aromatic carbocycles. The highest BCUT2D eigenvalue weighted by Crippen LogP contribution is 2.44. The fourth-order valence-electron chi connectivity index (χ4n) is 9.14. The highest BCUT2D eigenvalue weighted by molar-refractivity contribution is 7.13. The Labute approximate surface area is 417 Å². The number of alkyl halides is 3. The summed E-state index contributed by atoms with van der Waals surface area (Å²) < 4.78 is 73.3. The highest BCUT2D eigenvalue weighted by atomic mass is 32.1. The van der Waals surface area contributed by atoms with Crippen molar-refractivity contribution in [1.29, 1.82) is 0 Å². The lowest BCUT2D eigenvalue weighted by atomic mass is 9.85. The molecule has 0 unspecified atom stereocenters. The molecule has 20 heteroatoms. The lowest BCUT2D eigenvalue weighted by molar-refractivity contribution is -0.144. The van der Waals surface area contributed by atoms with E-state index in [1.165, 1.54) is 39.2 Å². The van der Waals surface area contributed by atoms with Crippen molar-refractivity contribution >= 4 is 34.8 Å². The van der Waals surface area contributed by atoms with Crippen LogP contribution in [0.2, 0.25) is 0 Å². The highest BCUT2D eigenvalue weighted by Gasteiger charge is 2.45. The average molecular weight is 1010 g/mol. The van der Waals surface area contributed by atoms with Crippen molar-refractivity contribution in [3.05, 3.63) is 124 Å².